The Morgan fingerprint density at radius 3 is 1.55 bits per heavy atom. The number of alkyl halides is 1. The summed E-state index contributed by atoms with van der Waals surface area (Å²) in [6, 6.07) is 28.2. The van der Waals surface area contributed by atoms with Crippen molar-refractivity contribution in [1.82, 2.24) is 0 Å². The predicted octanol–water partition coefficient (Wildman–Crippen LogP) is 5.08. The van der Waals surface area contributed by atoms with Gasteiger partial charge in [0.1, 0.15) is 19.1 Å². The fourth-order valence-corrected chi connectivity index (χ4v) is 19.7. The lowest BCUT2D eigenvalue weighted by Gasteiger charge is -2.46. The smallest absolute Gasteiger partial charge is 0.245 e. The minimum absolute atomic E-state index is 0.142. The molecule has 6 heteroatoms. The van der Waals surface area contributed by atoms with E-state index in [0.29, 0.717) is 3.92 Å². The van der Waals surface area contributed by atoms with Crippen LogP contribution in [0.5, 0.6) is 11.5 Å². The van der Waals surface area contributed by atoms with Crippen molar-refractivity contribution in [3.05, 3.63) is 78.9 Å². The molecule has 0 saturated carbocycles. The van der Waals surface area contributed by atoms with Crippen molar-refractivity contribution in [3.8, 4) is 11.5 Å². The third-order valence-corrected chi connectivity index (χ3v) is 21.7. The molecular weight excluding hydrogens is 555 g/mol. The van der Waals surface area contributed by atoms with Crippen molar-refractivity contribution >= 4 is 53.6 Å². The van der Waals surface area contributed by atoms with E-state index >= 15 is 0 Å². The molecule has 33 heavy (non-hydrogen) atoms. The zero-order valence-electron chi connectivity index (χ0n) is 20.5. The average Bonchev–Trinajstić information content (AvgIpc) is 2.82. The Hall–Kier alpha value is -1.62. The Balaban J connectivity index is 2.31. The molecule has 0 heterocycles. The SMILES string of the molecule is COc1ccc([Si](O[C@H](C)C[C@@H](C)I)(c2ccc(OC)cc2)[Si](C)(C)c2ccccc2)cc1. The minimum Gasteiger partial charge on any atom is -0.497 e. The van der Waals surface area contributed by atoms with E-state index in [0.717, 1.165) is 17.9 Å². The number of halogens is 1. The molecule has 3 rings (SSSR count). The molecule has 0 saturated heterocycles. The van der Waals surface area contributed by atoms with Crippen LogP contribution in [0.1, 0.15) is 20.3 Å². The van der Waals surface area contributed by atoms with Crippen molar-refractivity contribution in [2.75, 3.05) is 14.2 Å². The maximum absolute atomic E-state index is 7.40. The molecule has 2 atom stereocenters. The van der Waals surface area contributed by atoms with Gasteiger partial charge in [0, 0.05) is 10.0 Å². The summed E-state index contributed by atoms with van der Waals surface area (Å²) >= 11 is 2.50. The maximum atomic E-state index is 7.40. The molecule has 176 valence electrons. The molecule has 3 aromatic rings. The first-order valence-electron chi connectivity index (χ1n) is 11.4. The Morgan fingerprint density at radius 2 is 1.15 bits per heavy atom. The summed E-state index contributed by atoms with van der Waals surface area (Å²) in [5.41, 5.74) is 0. The molecule has 0 aliphatic heterocycles. The highest BCUT2D eigenvalue weighted by Gasteiger charge is 2.55. The molecule has 0 aliphatic rings. The van der Waals surface area contributed by atoms with E-state index in [9.17, 15) is 0 Å². The lowest BCUT2D eigenvalue weighted by atomic mass is 10.2. The maximum Gasteiger partial charge on any atom is 0.245 e. The van der Waals surface area contributed by atoms with Gasteiger partial charge in [-0.1, -0.05) is 102 Å². The summed E-state index contributed by atoms with van der Waals surface area (Å²) in [5, 5.41) is 4.00. The van der Waals surface area contributed by atoms with E-state index in [1.54, 1.807) is 14.2 Å². The second-order valence-corrected chi connectivity index (χ2v) is 23.6. The molecule has 0 N–H and O–H groups in total. The van der Waals surface area contributed by atoms with Gasteiger partial charge in [0.05, 0.1) is 14.2 Å². The van der Waals surface area contributed by atoms with Crippen LogP contribution < -0.4 is 25.0 Å². The van der Waals surface area contributed by atoms with E-state index in [1.807, 2.05) is 0 Å². The molecule has 3 aromatic carbocycles. The van der Waals surface area contributed by atoms with E-state index in [1.165, 1.54) is 15.6 Å². The zero-order valence-corrected chi connectivity index (χ0v) is 24.6. The first-order chi connectivity index (χ1) is 15.7. The molecule has 0 aliphatic carbocycles. The van der Waals surface area contributed by atoms with Gasteiger partial charge < -0.3 is 13.9 Å². The highest BCUT2D eigenvalue weighted by atomic mass is 127. The first-order valence-corrected chi connectivity index (χ1v) is 18.6. The summed E-state index contributed by atoms with van der Waals surface area (Å²) in [5.74, 6) is 1.73. The van der Waals surface area contributed by atoms with Crippen LogP contribution in [0.3, 0.4) is 0 Å². The largest absolute Gasteiger partial charge is 0.497 e. The molecule has 0 bridgehead atoms. The van der Waals surface area contributed by atoms with Crippen LogP contribution in [0.25, 0.3) is 0 Å². The first kappa shape index (κ1) is 26.0. The van der Waals surface area contributed by atoms with Crippen molar-refractivity contribution in [1.29, 1.82) is 0 Å². The topological polar surface area (TPSA) is 27.7 Å². The standard InChI is InChI=1S/C27H35IO3Si2/c1-21(28)20-22(2)31-33(26-16-12-23(29-3)13-17-26,27-18-14-24(30-4)15-19-27)32(5,6)25-10-8-7-9-11-25/h7-19,21-22H,20H2,1-6H3/t21-,22-/m1/s1. The molecule has 0 aromatic heterocycles. The third-order valence-electron chi connectivity index (χ3n) is 6.40. The van der Waals surface area contributed by atoms with Crippen LogP contribution in [0.2, 0.25) is 13.1 Å². The summed E-state index contributed by atoms with van der Waals surface area (Å²) in [6.45, 7) is 9.44. The van der Waals surface area contributed by atoms with Crippen LogP contribution in [0.4, 0.5) is 0 Å². The zero-order chi connectivity index (χ0) is 24.1. The lowest BCUT2D eigenvalue weighted by molar-refractivity contribution is 0.216. The summed E-state index contributed by atoms with van der Waals surface area (Å²) in [4.78, 5) is 0. The molecule has 0 amide bonds. The van der Waals surface area contributed by atoms with Crippen LogP contribution in [0.15, 0.2) is 78.9 Å². The monoisotopic (exact) mass is 590 g/mol. The number of ether oxygens (including phenoxy) is 2. The van der Waals surface area contributed by atoms with Crippen molar-refractivity contribution in [2.24, 2.45) is 0 Å². The van der Waals surface area contributed by atoms with Gasteiger partial charge in [-0.05, 0) is 48.0 Å². The molecule has 3 nitrogen and oxygen atoms in total. The molecule has 0 spiro atoms. The number of rotatable bonds is 10. The van der Waals surface area contributed by atoms with E-state index in [4.69, 9.17) is 13.9 Å². The van der Waals surface area contributed by atoms with E-state index in [2.05, 4.69) is 128 Å². The predicted molar refractivity (Wildman–Crippen MR) is 153 cm³/mol. The van der Waals surface area contributed by atoms with E-state index in [-0.39, 0.29) is 6.10 Å². The third kappa shape index (κ3) is 5.55. The molecule has 0 unspecified atom stereocenters. The van der Waals surface area contributed by atoms with Crippen LogP contribution in [-0.4, -0.2) is 39.7 Å². The van der Waals surface area contributed by atoms with Gasteiger partial charge in [-0.2, -0.15) is 0 Å². The van der Waals surface area contributed by atoms with Crippen molar-refractivity contribution in [2.45, 2.75) is 43.4 Å². The van der Waals surface area contributed by atoms with Crippen LogP contribution >= 0.6 is 22.6 Å². The Morgan fingerprint density at radius 1 is 0.697 bits per heavy atom. The van der Waals surface area contributed by atoms with Gasteiger partial charge in [0.25, 0.3) is 0 Å². The summed E-state index contributed by atoms with van der Waals surface area (Å²) in [7, 11) is -1.44. The molecule has 0 radical (unpaired) electrons. The van der Waals surface area contributed by atoms with Gasteiger partial charge in [-0.3, -0.25) is 0 Å². The number of benzene rings is 3. The fraction of sp³-hybridized carbons (Fsp3) is 0.333. The van der Waals surface area contributed by atoms with Gasteiger partial charge in [0.2, 0.25) is 7.83 Å². The van der Waals surface area contributed by atoms with E-state index < -0.39 is 15.4 Å². The Bertz CT molecular complexity index is 958. The fourth-order valence-electron chi connectivity index (χ4n) is 4.69. The quantitative estimate of drug-likeness (QED) is 0.188. The van der Waals surface area contributed by atoms with Crippen molar-refractivity contribution in [3.63, 3.8) is 0 Å². The second-order valence-electron chi connectivity index (χ2n) is 9.07. The van der Waals surface area contributed by atoms with Crippen LogP contribution in [0, 0.1) is 0 Å². The average molecular weight is 591 g/mol. The number of hydrogen-bond acceptors (Lipinski definition) is 3. The van der Waals surface area contributed by atoms with Gasteiger partial charge in [-0.25, -0.2) is 0 Å². The highest BCUT2D eigenvalue weighted by molar-refractivity contribution is 14.1. The van der Waals surface area contributed by atoms with Crippen LogP contribution in [-0.2, 0) is 4.43 Å². The van der Waals surface area contributed by atoms with Gasteiger partial charge in [-0.15, -0.1) is 0 Å². The Labute approximate surface area is 214 Å². The second kappa shape index (κ2) is 11.2. The summed E-state index contributed by atoms with van der Waals surface area (Å²) in [6.07, 6.45) is 1.16. The highest BCUT2D eigenvalue weighted by Crippen LogP contribution is 2.27. The normalized spacial score (nSPS) is 13.9. The lowest BCUT2D eigenvalue weighted by Crippen LogP contribution is -2.80. The number of methoxy groups -OCH3 is 2. The summed E-state index contributed by atoms with van der Waals surface area (Å²) < 4.78 is 18.9. The van der Waals surface area contributed by atoms with Gasteiger partial charge >= 0.3 is 0 Å². The van der Waals surface area contributed by atoms with Gasteiger partial charge in [0.15, 0.2) is 0 Å². The van der Waals surface area contributed by atoms with Crippen molar-refractivity contribution < 1.29 is 13.9 Å². The molecule has 0 fully saturated rings. The minimum atomic E-state index is -2.69. The Kier molecular flexibility index (Phi) is 8.83. The molecular formula is C27H35IO3Si2. The number of hydrogen-bond donors (Lipinski definition) is 0.